The van der Waals surface area contributed by atoms with Gasteiger partial charge < -0.3 is 14.2 Å². The number of carbonyl (C=O) groups excluding carboxylic acids is 3. The first-order valence-corrected chi connectivity index (χ1v) is 13.5. The molecule has 0 saturated heterocycles. The Morgan fingerprint density at radius 2 is 1.17 bits per heavy atom. The molecule has 0 N–H and O–H groups in total. The van der Waals surface area contributed by atoms with Gasteiger partial charge in [0.1, 0.15) is 5.75 Å². The zero-order chi connectivity index (χ0) is 25.9. The van der Waals surface area contributed by atoms with E-state index in [1.54, 1.807) is 12.1 Å². The number of benzene rings is 2. The minimum Gasteiger partial charge on any atom is -0.426 e. The van der Waals surface area contributed by atoms with Crippen molar-refractivity contribution in [2.45, 2.75) is 104 Å². The second-order valence-electron chi connectivity index (χ2n) is 9.96. The molecule has 1 aliphatic rings. The topological polar surface area (TPSA) is 78.9 Å². The molecule has 1 fully saturated rings. The predicted molar refractivity (Wildman–Crippen MR) is 140 cm³/mol. The van der Waals surface area contributed by atoms with E-state index in [-0.39, 0.29) is 11.5 Å². The van der Waals surface area contributed by atoms with E-state index in [1.165, 1.54) is 78.6 Å². The summed E-state index contributed by atoms with van der Waals surface area (Å²) in [4.78, 5) is 35.9. The van der Waals surface area contributed by atoms with E-state index >= 15 is 0 Å². The number of fused-ring (bicyclic) bond motifs is 1. The smallest absolute Gasteiger partial charge is 0.308 e. The predicted octanol–water partition coefficient (Wildman–Crippen LogP) is 7.47. The van der Waals surface area contributed by atoms with Crippen LogP contribution < -0.4 is 14.2 Å². The Morgan fingerprint density at radius 1 is 0.667 bits per heavy atom. The van der Waals surface area contributed by atoms with Crippen molar-refractivity contribution < 1.29 is 28.6 Å². The van der Waals surface area contributed by atoms with Crippen molar-refractivity contribution in [2.75, 3.05) is 0 Å². The molecule has 3 rings (SSSR count). The summed E-state index contributed by atoms with van der Waals surface area (Å²) in [6, 6.07) is 7.19. The molecule has 1 aliphatic carbocycles. The third kappa shape index (κ3) is 8.07. The molecule has 0 amide bonds. The second kappa shape index (κ2) is 14.0. The van der Waals surface area contributed by atoms with Crippen LogP contribution in [0.5, 0.6) is 17.2 Å². The lowest BCUT2D eigenvalue weighted by Gasteiger charge is -2.21. The fourth-order valence-corrected chi connectivity index (χ4v) is 5.31. The molecule has 0 bridgehead atoms. The van der Waals surface area contributed by atoms with Gasteiger partial charge in [-0.1, -0.05) is 94.9 Å². The van der Waals surface area contributed by atoms with Crippen LogP contribution in [0.3, 0.4) is 0 Å². The van der Waals surface area contributed by atoms with E-state index in [2.05, 4.69) is 0 Å². The Balaban J connectivity index is 1.73. The van der Waals surface area contributed by atoms with Crippen molar-refractivity contribution >= 4 is 28.7 Å². The molecule has 0 unspecified atom stereocenters. The van der Waals surface area contributed by atoms with Crippen molar-refractivity contribution in [1.29, 1.82) is 0 Å². The normalized spacial score (nSPS) is 14.0. The Labute approximate surface area is 214 Å². The van der Waals surface area contributed by atoms with Crippen LogP contribution in [0, 0.1) is 5.92 Å². The van der Waals surface area contributed by atoms with Crippen molar-refractivity contribution in [3.63, 3.8) is 0 Å². The molecule has 1 saturated carbocycles. The summed E-state index contributed by atoms with van der Waals surface area (Å²) >= 11 is 0. The average molecular weight is 497 g/mol. The molecule has 0 spiro atoms. The van der Waals surface area contributed by atoms with Crippen LogP contribution in [0.4, 0.5) is 0 Å². The maximum absolute atomic E-state index is 12.0. The average Bonchev–Trinajstić information content (AvgIpc) is 2.84. The lowest BCUT2D eigenvalue weighted by Crippen LogP contribution is -2.12. The van der Waals surface area contributed by atoms with Gasteiger partial charge in [0.2, 0.25) is 0 Å². The standard InChI is InChI=1S/C30H40O6/c1-21(31)34-28-25-18-13-14-19-26(25)29(35-22(2)32)30(36-23(3)33)27(28)20-12-7-5-4-6-9-15-24-16-10-8-11-17-24/h13-14,18-19,24H,4-12,15-17,20H2,1-3H3. The van der Waals surface area contributed by atoms with Crippen molar-refractivity contribution in [1.82, 2.24) is 0 Å². The minimum absolute atomic E-state index is 0.153. The van der Waals surface area contributed by atoms with Gasteiger partial charge in [-0.15, -0.1) is 0 Å². The fraction of sp³-hybridized carbons (Fsp3) is 0.567. The molecule has 0 aromatic heterocycles. The van der Waals surface area contributed by atoms with E-state index in [9.17, 15) is 14.4 Å². The van der Waals surface area contributed by atoms with Gasteiger partial charge in [-0.25, -0.2) is 0 Å². The lowest BCUT2D eigenvalue weighted by molar-refractivity contribution is -0.134. The molecule has 0 atom stereocenters. The molecular formula is C30H40O6. The molecule has 2 aromatic rings. The van der Waals surface area contributed by atoms with Crippen molar-refractivity contribution in [3.8, 4) is 17.2 Å². The molecule has 0 aliphatic heterocycles. The minimum atomic E-state index is -0.535. The number of carbonyl (C=O) groups is 3. The van der Waals surface area contributed by atoms with E-state index in [4.69, 9.17) is 14.2 Å². The summed E-state index contributed by atoms with van der Waals surface area (Å²) in [5.74, 6) is 0.116. The maximum Gasteiger partial charge on any atom is 0.308 e. The number of ether oxygens (including phenoxy) is 3. The maximum atomic E-state index is 12.0. The molecular weight excluding hydrogens is 456 g/mol. The fourth-order valence-electron chi connectivity index (χ4n) is 5.31. The van der Waals surface area contributed by atoms with Gasteiger partial charge in [-0.2, -0.15) is 0 Å². The van der Waals surface area contributed by atoms with Gasteiger partial charge >= 0.3 is 17.9 Å². The zero-order valence-electron chi connectivity index (χ0n) is 22.0. The summed E-state index contributed by atoms with van der Waals surface area (Å²) < 4.78 is 16.7. The lowest BCUT2D eigenvalue weighted by atomic mass is 9.85. The summed E-state index contributed by atoms with van der Waals surface area (Å²) in [7, 11) is 0. The van der Waals surface area contributed by atoms with Gasteiger partial charge in [0.25, 0.3) is 0 Å². The molecule has 0 heterocycles. The Hall–Kier alpha value is -2.89. The number of rotatable bonds is 12. The largest absolute Gasteiger partial charge is 0.426 e. The van der Waals surface area contributed by atoms with Crippen LogP contribution in [-0.2, 0) is 20.8 Å². The number of hydrogen-bond acceptors (Lipinski definition) is 6. The Morgan fingerprint density at radius 3 is 1.78 bits per heavy atom. The second-order valence-corrected chi connectivity index (χ2v) is 9.96. The summed E-state index contributed by atoms with van der Waals surface area (Å²) in [6.45, 7) is 3.95. The SMILES string of the molecule is CC(=O)Oc1c(CCCCCCCCC2CCCCC2)c(OC(C)=O)c2ccccc2c1OC(C)=O. The Kier molecular flexibility index (Phi) is 10.8. The van der Waals surface area contributed by atoms with Crippen LogP contribution in [0.25, 0.3) is 10.8 Å². The third-order valence-electron chi connectivity index (χ3n) is 6.92. The van der Waals surface area contributed by atoms with Crippen LogP contribution >= 0.6 is 0 Å². The number of hydrogen-bond donors (Lipinski definition) is 0. The first-order valence-electron chi connectivity index (χ1n) is 13.5. The summed E-state index contributed by atoms with van der Waals surface area (Å²) in [5.41, 5.74) is 0.577. The molecule has 0 radical (unpaired) electrons. The number of unbranched alkanes of at least 4 members (excludes halogenated alkanes) is 5. The van der Waals surface area contributed by atoms with Gasteiger partial charge in [0.05, 0.1) is 0 Å². The van der Waals surface area contributed by atoms with Gasteiger partial charge in [-0.05, 0) is 18.8 Å². The molecule has 6 nitrogen and oxygen atoms in total. The first kappa shape index (κ1) is 27.7. The van der Waals surface area contributed by atoms with Crippen LogP contribution in [0.2, 0.25) is 0 Å². The highest BCUT2D eigenvalue weighted by atomic mass is 16.6. The quantitative estimate of drug-likeness (QED) is 0.172. The third-order valence-corrected chi connectivity index (χ3v) is 6.92. The number of esters is 3. The van der Waals surface area contributed by atoms with Crippen molar-refractivity contribution in [3.05, 3.63) is 29.8 Å². The highest BCUT2D eigenvalue weighted by Gasteiger charge is 2.26. The molecule has 196 valence electrons. The van der Waals surface area contributed by atoms with Gasteiger partial charge in [-0.3, -0.25) is 14.4 Å². The van der Waals surface area contributed by atoms with Crippen LogP contribution in [0.15, 0.2) is 24.3 Å². The van der Waals surface area contributed by atoms with Crippen LogP contribution in [0.1, 0.15) is 103 Å². The highest BCUT2D eigenvalue weighted by Crippen LogP contribution is 2.47. The summed E-state index contributed by atoms with van der Waals surface area (Å²) in [5, 5.41) is 1.18. The zero-order valence-corrected chi connectivity index (χ0v) is 22.0. The first-order chi connectivity index (χ1) is 17.4. The van der Waals surface area contributed by atoms with Gasteiger partial charge in [0.15, 0.2) is 11.5 Å². The molecule has 6 heteroatoms. The Bertz CT molecular complexity index is 1050. The van der Waals surface area contributed by atoms with Crippen molar-refractivity contribution in [2.24, 2.45) is 5.92 Å². The van der Waals surface area contributed by atoms with E-state index in [0.717, 1.165) is 25.2 Å². The van der Waals surface area contributed by atoms with Crippen LogP contribution in [-0.4, -0.2) is 17.9 Å². The summed E-state index contributed by atoms with van der Waals surface area (Å²) in [6.07, 6.45) is 15.7. The monoisotopic (exact) mass is 496 g/mol. The molecule has 36 heavy (non-hydrogen) atoms. The van der Waals surface area contributed by atoms with E-state index in [0.29, 0.717) is 28.5 Å². The van der Waals surface area contributed by atoms with Gasteiger partial charge in [0, 0.05) is 37.1 Å². The highest BCUT2D eigenvalue weighted by molar-refractivity contribution is 6.00. The van der Waals surface area contributed by atoms with E-state index in [1.807, 2.05) is 12.1 Å². The molecule has 2 aromatic carbocycles. The van der Waals surface area contributed by atoms with E-state index < -0.39 is 17.9 Å².